The standard InChI is InChI=1S/C14H10N4O5/c19-12-4-3-8(18(21)22)6-9(12)15-14(20)11-7-10(16-17-11)13-2-1-5-23-13/h1-7,19H,(H,15,20)(H,16,17). The average Bonchev–Trinajstić information content (AvgIpc) is 3.20. The van der Waals surface area contributed by atoms with Gasteiger partial charge in [0.15, 0.2) is 11.5 Å². The van der Waals surface area contributed by atoms with Gasteiger partial charge in [0.1, 0.15) is 11.4 Å². The SMILES string of the molecule is O=C(Nc1cc([N+](=O)[O-])ccc1O)c1cc(-c2ccco2)[nH]n1. The van der Waals surface area contributed by atoms with Gasteiger partial charge >= 0.3 is 0 Å². The number of nitro benzene ring substituents is 1. The fraction of sp³-hybridized carbons (Fsp3) is 0. The first kappa shape index (κ1) is 14.3. The number of carbonyl (C=O) groups is 1. The van der Waals surface area contributed by atoms with E-state index in [1.54, 1.807) is 12.1 Å². The summed E-state index contributed by atoms with van der Waals surface area (Å²) in [7, 11) is 0. The van der Waals surface area contributed by atoms with Crippen LogP contribution in [0.3, 0.4) is 0 Å². The van der Waals surface area contributed by atoms with Crippen molar-refractivity contribution in [3.63, 3.8) is 0 Å². The molecule has 3 N–H and O–H groups in total. The number of H-pyrrole nitrogens is 1. The van der Waals surface area contributed by atoms with Gasteiger partial charge in [-0.05, 0) is 18.2 Å². The summed E-state index contributed by atoms with van der Waals surface area (Å²) < 4.78 is 5.17. The second-order valence-electron chi connectivity index (χ2n) is 4.56. The molecule has 0 saturated heterocycles. The fourth-order valence-corrected chi connectivity index (χ4v) is 1.92. The van der Waals surface area contributed by atoms with Gasteiger partial charge < -0.3 is 14.8 Å². The zero-order valence-electron chi connectivity index (χ0n) is 11.5. The van der Waals surface area contributed by atoms with E-state index in [1.165, 1.54) is 12.3 Å². The van der Waals surface area contributed by atoms with Gasteiger partial charge in [-0.15, -0.1) is 0 Å². The van der Waals surface area contributed by atoms with E-state index in [1.807, 2.05) is 0 Å². The first-order chi connectivity index (χ1) is 11.0. The quantitative estimate of drug-likeness (QED) is 0.385. The summed E-state index contributed by atoms with van der Waals surface area (Å²) in [5.41, 5.74) is 0.217. The molecule has 1 amide bonds. The Balaban J connectivity index is 1.82. The number of benzene rings is 1. The average molecular weight is 314 g/mol. The predicted octanol–water partition coefficient (Wildman–Crippen LogP) is 2.54. The highest BCUT2D eigenvalue weighted by Crippen LogP contribution is 2.28. The number of amides is 1. The van der Waals surface area contributed by atoms with Crippen molar-refractivity contribution in [2.45, 2.75) is 0 Å². The van der Waals surface area contributed by atoms with Gasteiger partial charge in [-0.25, -0.2) is 0 Å². The number of carbonyl (C=O) groups excluding carboxylic acids is 1. The van der Waals surface area contributed by atoms with E-state index >= 15 is 0 Å². The van der Waals surface area contributed by atoms with Gasteiger partial charge in [0, 0.05) is 18.2 Å². The maximum absolute atomic E-state index is 12.1. The Hall–Kier alpha value is -3.62. The fourth-order valence-electron chi connectivity index (χ4n) is 1.92. The molecule has 0 radical (unpaired) electrons. The molecule has 0 aliphatic rings. The lowest BCUT2D eigenvalue weighted by atomic mass is 10.2. The van der Waals surface area contributed by atoms with Crippen LogP contribution < -0.4 is 5.32 Å². The summed E-state index contributed by atoms with van der Waals surface area (Å²) in [6.45, 7) is 0. The highest BCUT2D eigenvalue weighted by molar-refractivity contribution is 6.04. The van der Waals surface area contributed by atoms with E-state index in [0.29, 0.717) is 11.5 Å². The second kappa shape index (κ2) is 5.64. The molecule has 0 atom stereocenters. The predicted molar refractivity (Wildman–Crippen MR) is 79.0 cm³/mol. The van der Waals surface area contributed by atoms with Crippen LogP contribution in [0.1, 0.15) is 10.5 Å². The smallest absolute Gasteiger partial charge is 0.276 e. The molecular formula is C14H10N4O5. The summed E-state index contributed by atoms with van der Waals surface area (Å²) in [4.78, 5) is 22.2. The Kier molecular flexibility index (Phi) is 3.51. The number of aromatic amines is 1. The first-order valence-corrected chi connectivity index (χ1v) is 6.42. The molecule has 23 heavy (non-hydrogen) atoms. The van der Waals surface area contributed by atoms with Crippen molar-refractivity contribution in [2.24, 2.45) is 0 Å². The summed E-state index contributed by atoms with van der Waals surface area (Å²) >= 11 is 0. The summed E-state index contributed by atoms with van der Waals surface area (Å²) in [5.74, 6) is -0.407. The molecule has 0 saturated carbocycles. The number of phenols is 1. The lowest BCUT2D eigenvalue weighted by Crippen LogP contribution is -2.12. The molecule has 0 fully saturated rings. The van der Waals surface area contributed by atoms with Crippen LogP contribution in [0, 0.1) is 10.1 Å². The third-order valence-electron chi connectivity index (χ3n) is 3.04. The molecule has 0 unspecified atom stereocenters. The number of non-ortho nitro benzene ring substituents is 1. The summed E-state index contributed by atoms with van der Waals surface area (Å²) in [6.07, 6.45) is 1.48. The number of aromatic nitrogens is 2. The topological polar surface area (TPSA) is 134 Å². The van der Waals surface area contributed by atoms with Gasteiger partial charge in [-0.1, -0.05) is 0 Å². The Morgan fingerprint density at radius 2 is 2.17 bits per heavy atom. The van der Waals surface area contributed by atoms with E-state index in [2.05, 4.69) is 15.5 Å². The van der Waals surface area contributed by atoms with Crippen LogP contribution in [0.25, 0.3) is 11.5 Å². The number of phenolic OH excluding ortho intramolecular Hbond substituents is 1. The molecule has 0 spiro atoms. The first-order valence-electron chi connectivity index (χ1n) is 6.42. The maximum atomic E-state index is 12.1. The van der Waals surface area contributed by atoms with Crippen LogP contribution in [0.2, 0.25) is 0 Å². The molecule has 0 bridgehead atoms. The molecule has 9 nitrogen and oxygen atoms in total. The minimum atomic E-state index is -0.630. The van der Waals surface area contributed by atoms with E-state index < -0.39 is 10.8 Å². The van der Waals surface area contributed by atoms with Crippen molar-refractivity contribution in [3.8, 4) is 17.2 Å². The lowest BCUT2D eigenvalue weighted by Gasteiger charge is -2.05. The molecule has 9 heteroatoms. The zero-order valence-corrected chi connectivity index (χ0v) is 11.5. The van der Waals surface area contributed by atoms with E-state index in [4.69, 9.17) is 4.42 Å². The summed E-state index contributed by atoms with van der Waals surface area (Å²) in [6, 6.07) is 8.18. The highest BCUT2D eigenvalue weighted by atomic mass is 16.6. The summed E-state index contributed by atoms with van der Waals surface area (Å²) in [5, 5.41) is 29.3. The Bertz CT molecular complexity index is 869. The molecule has 3 aromatic rings. The van der Waals surface area contributed by atoms with Gasteiger partial charge in [0.25, 0.3) is 11.6 Å². The number of nitrogens with one attached hydrogen (secondary N) is 2. The van der Waals surface area contributed by atoms with Crippen LogP contribution in [0.4, 0.5) is 11.4 Å². The minimum absolute atomic E-state index is 0.0438. The van der Waals surface area contributed by atoms with Crippen LogP contribution >= 0.6 is 0 Å². The highest BCUT2D eigenvalue weighted by Gasteiger charge is 2.16. The molecule has 3 rings (SSSR count). The molecule has 2 aromatic heterocycles. The molecule has 1 aromatic carbocycles. The number of nitrogens with zero attached hydrogens (tertiary/aromatic N) is 2. The van der Waals surface area contributed by atoms with Crippen molar-refractivity contribution in [2.75, 3.05) is 5.32 Å². The van der Waals surface area contributed by atoms with Crippen molar-refractivity contribution in [1.82, 2.24) is 10.2 Å². The number of hydrogen-bond donors (Lipinski definition) is 3. The number of rotatable bonds is 4. The third-order valence-corrected chi connectivity index (χ3v) is 3.04. The lowest BCUT2D eigenvalue weighted by molar-refractivity contribution is -0.384. The molecule has 116 valence electrons. The normalized spacial score (nSPS) is 10.4. The van der Waals surface area contributed by atoms with Crippen LogP contribution in [0.5, 0.6) is 5.75 Å². The molecule has 2 heterocycles. The molecule has 0 aliphatic carbocycles. The van der Waals surface area contributed by atoms with Gasteiger partial charge in [0.2, 0.25) is 0 Å². The third kappa shape index (κ3) is 2.88. The van der Waals surface area contributed by atoms with Crippen LogP contribution in [-0.4, -0.2) is 26.1 Å². The van der Waals surface area contributed by atoms with Crippen LogP contribution in [0.15, 0.2) is 47.1 Å². The van der Waals surface area contributed by atoms with Crippen molar-refractivity contribution in [1.29, 1.82) is 0 Å². The molecular weight excluding hydrogens is 304 g/mol. The van der Waals surface area contributed by atoms with Gasteiger partial charge in [-0.3, -0.25) is 20.0 Å². The van der Waals surface area contributed by atoms with E-state index in [9.17, 15) is 20.0 Å². The van der Waals surface area contributed by atoms with Crippen molar-refractivity contribution < 1.29 is 19.2 Å². The number of anilines is 1. The molecule has 0 aliphatic heterocycles. The Labute approximate surface area is 128 Å². The maximum Gasteiger partial charge on any atom is 0.276 e. The second-order valence-corrected chi connectivity index (χ2v) is 4.56. The van der Waals surface area contributed by atoms with Crippen molar-refractivity contribution >= 4 is 17.3 Å². The van der Waals surface area contributed by atoms with Crippen molar-refractivity contribution in [3.05, 3.63) is 58.5 Å². The number of aromatic hydroxyl groups is 1. The number of hydrogen-bond acceptors (Lipinski definition) is 6. The largest absolute Gasteiger partial charge is 0.506 e. The monoisotopic (exact) mass is 314 g/mol. The zero-order chi connectivity index (χ0) is 16.4. The van der Waals surface area contributed by atoms with Gasteiger partial charge in [0.05, 0.1) is 16.9 Å². The van der Waals surface area contributed by atoms with E-state index in [0.717, 1.165) is 18.2 Å². The van der Waals surface area contributed by atoms with Crippen LogP contribution in [-0.2, 0) is 0 Å². The minimum Gasteiger partial charge on any atom is -0.506 e. The number of nitro groups is 1. The Morgan fingerprint density at radius 1 is 1.35 bits per heavy atom. The number of furan rings is 1. The van der Waals surface area contributed by atoms with Gasteiger partial charge in [-0.2, -0.15) is 5.10 Å². The Morgan fingerprint density at radius 3 is 2.87 bits per heavy atom. The van der Waals surface area contributed by atoms with E-state index in [-0.39, 0.29) is 22.8 Å².